The Morgan fingerprint density at radius 3 is 2.46 bits per heavy atom. The summed E-state index contributed by atoms with van der Waals surface area (Å²) >= 11 is 0. The van der Waals surface area contributed by atoms with Crippen molar-refractivity contribution in [2.45, 2.75) is 115 Å². The van der Waals surface area contributed by atoms with Gasteiger partial charge in [-0.1, -0.05) is 20.3 Å². The molecule has 0 aromatic carbocycles. The first-order valence-electron chi connectivity index (χ1n) is 13.7. The van der Waals surface area contributed by atoms with Crippen LogP contribution in [0.4, 0.5) is 0 Å². The van der Waals surface area contributed by atoms with E-state index in [1.165, 1.54) is 6.92 Å². The van der Waals surface area contributed by atoms with Gasteiger partial charge in [-0.15, -0.1) is 0 Å². The summed E-state index contributed by atoms with van der Waals surface area (Å²) in [6.07, 6.45) is 1.97. The summed E-state index contributed by atoms with van der Waals surface area (Å²) in [6, 6.07) is -0.584. The summed E-state index contributed by atoms with van der Waals surface area (Å²) in [5.74, 6) is 0.377. The van der Waals surface area contributed by atoms with Crippen LogP contribution in [0.1, 0.15) is 78.6 Å². The number of carbonyl (C=O) groups excluding carboxylic acids is 3. The first-order chi connectivity index (χ1) is 17.7. The molecule has 2 fully saturated rings. The lowest BCUT2D eigenvalue weighted by atomic mass is 9.97. The molecule has 0 aliphatic carbocycles. The van der Waals surface area contributed by atoms with Crippen LogP contribution in [0.15, 0.2) is 0 Å². The van der Waals surface area contributed by atoms with Gasteiger partial charge in [-0.3, -0.25) is 14.4 Å². The molecule has 0 aromatic rings. The first kappa shape index (κ1) is 31.4. The Balaban J connectivity index is 1.55. The van der Waals surface area contributed by atoms with Gasteiger partial charge >= 0.3 is 0 Å². The van der Waals surface area contributed by atoms with E-state index in [9.17, 15) is 29.7 Å². The van der Waals surface area contributed by atoms with E-state index in [1.54, 1.807) is 0 Å². The lowest BCUT2D eigenvalue weighted by molar-refractivity contribution is -0.270. The van der Waals surface area contributed by atoms with Crippen LogP contribution in [0.3, 0.4) is 0 Å². The number of nitrogens with one attached hydrogen (secondary N) is 2. The molecule has 2 saturated heterocycles. The highest BCUT2D eigenvalue weighted by atomic mass is 16.7. The predicted molar refractivity (Wildman–Crippen MR) is 136 cm³/mol. The van der Waals surface area contributed by atoms with E-state index >= 15 is 0 Å². The summed E-state index contributed by atoms with van der Waals surface area (Å²) in [4.78, 5) is 38.1. The first-order valence-corrected chi connectivity index (χ1v) is 13.7. The second-order valence-corrected chi connectivity index (χ2v) is 10.4. The zero-order valence-corrected chi connectivity index (χ0v) is 22.6. The van der Waals surface area contributed by atoms with Gasteiger partial charge in [0.1, 0.15) is 24.4 Å². The molecule has 0 radical (unpaired) electrons. The minimum Gasteiger partial charge on any atom is -0.394 e. The van der Waals surface area contributed by atoms with Gasteiger partial charge in [-0.25, -0.2) is 0 Å². The molecule has 2 aliphatic heterocycles. The molecule has 0 bridgehead atoms. The van der Waals surface area contributed by atoms with Crippen molar-refractivity contribution in [3.63, 3.8) is 0 Å². The van der Waals surface area contributed by atoms with Crippen molar-refractivity contribution in [1.82, 2.24) is 15.5 Å². The summed E-state index contributed by atoms with van der Waals surface area (Å²) in [5.41, 5.74) is 0. The maximum Gasteiger partial charge on any atom is 0.222 e. The Labute approximate surface area is 220 Å². The molecule has 214 valence electrons. The van der Waals surface area contributed by atoms with Crippen LogP contribution in [0, 0.1) is 5.92 Å². The molecule has 3 amide bonds. The maximum atomic E-state index is 12.5. The number of ether oxygens (including phenoxy) is 2. The fraction of sp³-hybridized carbons (Fsp3) is 0.885. The SMILES string of the molecule is CC[C@@H]1C[C@@H](C)CN1C(=O)CCCCCNC(=O)CCCCO[C@@H]1OC(CO)[C@H](O)C(O)C1NC(C)=O. The van der Waals surface area contributed by atoms with E-state index < -0.39 is 43.2 Å². The standard InChI is InChI=1S/C26H47N3O8/c1-4-19-14-17(2)15-29(19)22(33)11-6-5-8-12-27-21(32)10-7-9-13-36-26-23(28-18(3)31)25(35)24(34)20(16-30)37-26/h17,19-20,23-26,30,34-35H,4-16H2,1-3H3,(H,27,32)(H,28,31)/t17-,19-,20?,23?,24+,25?,26-/m1/s1. The van der Waals surface area contributed by atoms with Crippen LogP contribution < -0.4 is 10.6 Å². The van der Waals surface area contributed by atoms with Crippen LogP contribution in [0.5, 0.6) is 0 Å². The zero-order valence-electron chi connectivity index (χ0n) is 22.6. The number of amides is 3. The van der Waals surface area contributed by atoms with E-state index in [2.05, 4.69) is 24.5 Å². The second kappa shape index (κ2) is 16.2. The van der Waals surface area contributed by atoms with Crippen molar-refractivity contribution in [1.29, 1.82) is 0 Å². The minimum atomic E-state index is -1.35. The third-order valence-electron chi connectivity index (χ3n) is 7.14. The van der Waals surface area contributed by atoms with Crippen molar-refractivity contribution < 1.29 is 39.2 Å². The normalized spacial score (nSPS) is 29.8. The monoisotopic (exact) mass is 529 g/mol. The van der Waals surface area contributed by atoms with Crippen LogP contribution >= 0.6 is 0 Å². The number of likely N-dealkylation sites (tertiary alicyclic amines) is 1. The second-order valence-electron chi connectivity index (χ2n) is 10.4. The highest BCUT2D eigenvalue weighted by Gasteiger charge is 2.45. The topological polar surface area (TPSA) is 158 Å². The minimum absolute atomic E-state index is 0.0446. The molecule has 11 nitrogen and oxygen atoms in total. The Bertz CT molecular complexity index is 724. The number of hydrogen-bond acceptors (Lipinski definition) is 8. The Morgan fingerprint density at radius 1 is 1.05 bits per heavy atom. The maximum absolute atomic E-state index is 12.5. The van der Waals surface area contributed by atoms with Gasteiger partial charge in [0.2, 0.25) is 17.7 Å². The van der Waals surface area contributed by atoms with Gasteiger partial charge in [0, 0.05) is 45.5 Å². The molecule has 2 heterocycles. The third kappa shape index (κ3) is 10.1. The predicted octanol–water partition coefficient (Wildman–Crippen LogP) is 0.441. The van der Waals surface area contributed by atoms with E-state index in [0.717, 1.165) is 38.6 Å². The summed E-state index contributed by atoms with van der Waals surface area (Å²) in [7, 11) is 0. The molecule has 11 heteroatoms. The van der Waals surface area contributed by atoms with E-state index in [4.69, 9.17) is 9.47 Å². The average molecular weight is 530 g/mol. The molecule has 2 rings (SSSR count). The summed E-state index contributed by atoms with van der Waals surface area (Å²) in [6.45, 7) is 6.79. The van der Waals surface area contributed by atoms with Crippen LogP contribution in [-0.4, -0.2) is 101 Å². The lowest BCUT2D eigenvalue weighted by Crippen LogP contribution is -2.64. The molecule has 7 atom stereocenters. The van der Waals surface area contributed by atoms with Crippen LogP contribution in [-0.2, 0) is 23.9 Å². The molecule has 5 N–H and O–H groups in total. The van der Waals surface area contributed by atoms with Crippen LogP contribution in [0.25, 0.3) is 0 Å². The van der Waals surface area contributed by atoms with Crippen molar-refractivity contribution in [3.05, 3.63) is 0 Å². The third-order valence-corrected chi connectivity index (χ3v) is 7.14. The fourth-order valence-electron chi connectivity index (χ4n) is 5.08. The van der Waals surface area contributed by atoms with Gasteiger partial charge in [-0.05, 0) is 44.4 Å². The molecule has 0 spiro atoms. The number of aliphatic hydroxyl groups is 3. The van der Waals surface area contributed by atoms with E-state index in [0.29, 0.717) is 44.2 Å². The van der Waals surface area contributed by atoms with E-state index in [1.807, 2.05) is 4.90 Å². The van der Waals surface area contributed by atoms with Crippen molar-refractivity contribution in [2.75, 3.05) is 26.3 Å². The van der Waals surface area contributed by atoms with Gasteiger partial charge in [-0.2, -0.15) is 0 Å². The van der Waals surface area contributed by atoms with E-state index in [-0.39, 0.29) is 18.4 Å². The zero-order chi connectivity index (χ0) is 27.4. The van der Waals surface area contributed by atoms with Crippen molar-refractivity contribution in [3.8, 4) is 0 Å². The number of hydrogen-bond donors (Lipinski definition) is 5. The smallest absolute Gasteiger partial charge is 0.222 e. The summed E-state index contributed by atoms with van der Waals surface area (Å²) < 4.78 is 11.2. The Kier molecular flexibility index (Phi) is 13.8. The molecule has 0 saturated carbocycles. The highest BCUT2D eigenvalue weighted by Crippen LogP contribution is 2.26. The molecule has 3 unspecified atom stereocenters. The van der Waals surface area contributed by atoms with Gasteiger partial charge in [0.05, 0.1) is 6.61 Å². The largest absolute Gasteiger partial charge is 0.394 e. The average Bonchev–Trinajstić information content (AvgIpc) is 3.25. The number of nitrogens with zero attached hydrogens (tertiary/aromatic N) is 1. The number of rotatable bonds is 15. The molecule has 37 heavy (non-hydrogen) atoms. The summed E-state index contributed by atoms with van der Waals surface area (Å²) in [5, 5.41) is 35.1. The lowest BCUT2D eigenvalue weighted by Gasteiger charge is -2.42. The fourth-order valence-corrected chi connectivity index (χ4v) is 5.08. The molecular weight excluding hydrogens is 482 g/mol. The quantitative estimate of drug-likeness (QED) is 0.191. The number of aliphatic hydroxyl groups excluding tert-OH is 3. The molecule has 2 aliphatic rings. The van der Waals surface area contributed by atoms with Gasteiger partial charge in [0.25, 0.3) is 0 Å². The van der Waals surface area contributed by atoms with Crippen molar-refractivity contribution >= 4 is 17.7 Å². The highest BCUT2D eigenvalue weighted by molar-refractivity contribution is 5.77. The van der Waals surface area contributed by atoms with Gasteiger partial charge < -0.3 is 40.3 Å². The Morgan fingerprint density at radius 2 is 1.78 bits per heavy atom. The number of unbranched alkanes of at least 4 members (excludes halogenated alkanes) is 3. The molecule has 0 aromatic heterocycles. The van der Waals surface area contributed by atoms with Gasteiger partial charge in [0.15, 0.2) is 6.29 Å². The van der Waals surface area contributed by atoms with Crippen molar-refractivity contribution in [2.24, 2.45) is 5.92 Å². The number of carbonyl (C=O) groups is 3. The van der Waals surface area contributed by atoms with Crippen LogP contribution in [0.2, 0.25) is 0 Å². The Hall–Kier alpha value is -1.79. The molecular formula is C26H47N3O8.